The van der Waals surface area contributed by atoms with Crippen LogP contribution in [0, 0.1) is 0 Å². The summed E-state index contributed by atoms with van der Waals surface area (Å²) >= 11 is 0. The van der Waals surface area contributed by atoms with E-state index < -0.39 is 18.0 Å². The molecule has 0 fully saturated rings. The van der Waals surface area contributed by atoms with Crippen LogP contribution in [0.5, 0.6) is 0 Å². The number of amides is 1. The number of unbranched alkanes of at least 4 members (excludes halogenated alkanes) is 13. The van der Waals surface area contributed by atoms with Crippen LogP contribution in [0.25, 0.3) is 0 Å². The predicted octanol–water partition coefficient (Wildman–Crippen LogP) is 6.44. The smallest absolute Gasteiger partial charge is 0.326 e. The lowest BCUT2D eigenvalue weighted by Gasteiger charge is -2.14. The van der Waals surface area contributed by atoms with E-state index in [1.54, 1.807) is 0 Å². The number of nitrogens with one attached hydrogen (secondary N) is 1. The molecule has 1 atom stereocenters. The summed E-state index contributed by atoms with van der Waals surface area (Å²) in [6.07, 6.45) is 18.4. The third kappa shape index (κ3) is 25.5. The molecule has 0 rings (SSSR count). The first-order chi connectivity index (χ1) is 17.9. The van der Waals surface area contributed by atoms with Gasteiger partial charge in [0.15, 0.2) is 0 Å². The van der Waals surface area contributed by atoms with Gasteiger partial charge < -0.3 is 20.3 Å². The molecule has 0 bridgehead atoms. The molecule has 0 aromatic heterocycles. The zero-order valence-electron chi connectivity index (χ0n) is 23.3. The van der Waals surface area contributed by atoms with Crippen LogP contribution in [0.3, 0.4) is 0 Å². The molecule has 0 radical (unpaired) electrons. The first-order valence-electron chi connectivity index (χ1n) is 14.7. The van der Waals surface area contributed by atoms with Crippen LogP contribution in [0.15, 0.2) is 0 Å². The summed E-state index contributed by atoms with van der Waals surface area (Å²) in [6.45, 7) is 3.25. The van der Waals surface area contributed by atoms with Crippen LogP contribution >= 0.6 is 0 Å². The van der Waals surface area contributed by atoms with Gasteiger partial charge in [-0.1, -0.05) is 84.0 Å². The van der Waals surface area contributed by atoms with E-state index in [9.17, 15) is 24.3 Å². The number of carboxylic acids is 2. The van der Waals surface area contributed by atoms with Gasteiger partial charge in [-0.2, -0.15) is 0 Å². The third-order valence-corrected chi connectivity index (χ3v) is 6.48. The largest absolute Gasteiger partial charge is 0.481 e. The van der Waals surface area contributed by atoms with Crippen LogP contribution in [0.4, 0.5) is 0 Å². The first kappa shape index (κ1) is 35.0. The Morgan fingerprint density at radius 2 is 1.11 bits per heavy atom. The normalized spacial score (nSPS) is 11.8. The van der Waals surface area contributed by atoms with E-state index in [1.165, 1.54) is 44.9 Å². The molecule has 37 heavy (non-hydrogen) atoms. The number of hydrogen-bond donors (Lipinski definition) is 3. The number of aliphatic carboxylic acids is 2. The second kappa shape index (κ2) is 25.7. The van der Waals surface area contributed by atoms with Crippen molar-refractivity contribution in [1.29, 1.82) is 0 Å². The molecule has 0 aliphatic rings. The van der Waals surface area contributed by atoms with Crippen LogP contribution in [0.2, 0.25) is 0 Å². The average Bonchev–Trinajstić information content (AvgIpc) is 2.85. The highest BCUT2D eigenvalue weighted by molar-refractivity contribution is 5.84. The Morgan fingerprint density at radius 3 is 1.57 bits per heavy atom. The van der Waals surface area contributed by atoms with Gasteiger partial charge in [0.25, 0.3) is 0 Å². The number of ketones is 1. The highest BCUT2D eigenvalue weighted by Gasteiger charge is 2.20. The second-order valence-corrected chi connectivity index (χ2v) is 10.1. The Balaban J connectivity index is 3.62. The molecule has 3 N–H and O–H groups in total. The van der Waals surface area contributed by atoms with Gasteiger partial charge in [-0.15, -0.1) is 0 Å². The number of rotatable bonds is 28. The van der Waals surface area contributed by atoms with E-state index >= 15 is 0 Å². The fourth-order valence-electron chi connectivity index (χ4n) is 4.26. The minimum absolute atomic E-state index is 0.00515. The summed E-state index contributed by atoms with van der Waals surface area (Å²) in [5, 5.41) is 20.5. The fraction of sp³-hybridized carbons (Fsp3) is 0.862. The van der Waals surface area contributed by atoms with Gasteiger partial charge in [0.2, 0.25) is 5.91 Å². The first-order valence-corrected chi connectivity index (χ1v) is 14.7. The van der Waals surface area contributed by atoms with Crippen molar-refractivity contribution in [2.75, 3.05) is 13.2 Å². The lowest BCUT2D eigenvalue weighted by Crippen LogP contribution is -2.41. The molecular formula is C29H53NO7. The topological polar surface area (TPSA) is 130 Å². The monoisotopic (exact) mass is 527 g/mol. The van der Waals surface area contributed by atoms with Crippen molar-refractivity contribution in [3.05, 3.63) is 0 Å². The third-order valence-electron chi connectivity index (χ3n) is 6.48. The Morgan fingerprint density at radius 1 is 0.622 bits per heavy atom. The number of carboxylic acid groups (broad SMARTS) is 2. The number of Topliss-reactive ketones (excluding diaryl/α,β-unsaturated/α-hetero) is 1. The molecule has 8 nitrogen and oxygen atoms in total. The zero-order valence-corrected chi connectivity index (χ0v) is 23.3. The number of hydrogen-bond acceptors (Lipinski definition) is 5. The number of carbonyl (C=O) groups is 4. The predicted molar refractivity (Wildman–Crippen MR) is 146 cm³/mol. The Labute approximate surface area is 224 Å². The van der Waals surface area contributed by atoms with Crippen LogP contribution in [-0.2, 0) is 23.9 Å². The van der Waals surface area contributed by atoms with Gasteiger partial charge in [-0.3, -0.25) is 14.4 Å². The van der Waals surface area contributed by atoms with E-state index in [0.717, 1.165) is 51.4 Å². The molecule has 0 aliphatic carbocycles. The zero-order chi connectivity index (χ0) is 27.6. The number of carbonyl (C=O) groups excluding carboxylic acids is 2. The minimum atomic E-state index is -1.09. The lowest BCUT2D eigenvalue weighted by molar-refractivity contribution is -0.142. The summed E-state index contributed by atoms with van der Waals surface area (Å²) in [5.74, 6) is -2.04. The highest BCUT2D eigenvalue weighted by atomic mass is 16.5. The van der Waals surface area contributed by atoms with E-state index in [0.29, 0.717) is 32.5 Å². The molecule has 216 valence electrons. The Hall–Kier alpha value is -1.96. The van der Waals surface area contributed by atoms with Crippen LogP contribution in [-0.4, -0.2) is 53.1 Å². The van der Waals surface area contributed by atoms with Crippen molar-refractivity contribution < 1.29 is 34.1 Å². The average molecular weight is 528 g/mol. The molecule has 1 unspecified atom stereocenters. The molecule has 0 aromatic carbocycles. The Bertz CT molecular complexity index is 609. The minimum Gasteiger partial charge on any atom is -0.481 e. The molecule has 8 heteroatoms. The van der Waals surface area contributed by atoms with Crippen molar-refractivity contribution in [3.8, 4) is 0 Å². The van der Waals surface area contributed by atoms with Gasteiger partial charge in [-0.05, 0) is 32.1 Å². The molecule has 0 aromatic rings. The van der Waals surface area contributed by atoms with E-state index in [2.05, 4.69) is 5.32 Å². The highest BCUT2D eigenvalue weighted by Crippen LogP contribution is 2.14. The molecule has 0 saturated carbocycles. The van der Waals surface area contributed by atoms with Crippen LogP contribution in [0.1, 0.15) is 142 Å². The standard InChI is InChI=1S/C29H53NO7/c1-2-23-37-24-17-18-25(31)21-22-26(29(35)36)30-27(32)19-15-13-11-9-7-5-3-4-6-8-10-12-14-16-20-28(33)34/h26H,2-24H2,1H3,(H,30,32)(H,33,34)(H,35,36). The van der Waals surface area contributed by atoms with Crippen LogP contribution < -0.4 is 5.32 Å². The van der Waals surface area contributed by atoms with Crippen molar-refractivity contribution in [1.82, 2.24) is 5.32 Å². The SMILES string of the molecule is CCCOCCCC(=O)CCC(NC(=O)CCCCCCCCCCCCCCCCC(=O)O)C(=O)O. The maximum absolute atomic E-state index is 12.1. The fourth-order valence-corrected chi connectivity index (χ4v) is 4.26. The molecular weight excluding hydrogens is 474 g/mol. The Kier molecular flexibility index (Phi) is 24.3. The lowest BCUT2D eigenvalue weighted by atomic mass is 10.0. The van der Waals surface area contributed by atoms with E-state index in [-0.39, 0.29) is 31.0 Å². The van der Waals surface area contributed by atoms with Crippen molar-refractivity contribution >= 4 is 23.6 Å². The summed E-state index contributed by atoms with van der Waals surface area (Å²) < 4.78 is 5.34. The maximum Gasteiger partial charge on any atom is 0.326 e. The van der Waals surface area contributed by atoms with E-state index in [1.807, 2.05) is 6.92 Å². The summed E-state index contributed by atoms with van der Waals surface area (Å²) in [7, 11) is 0. The van der Waals surface area contributed by atoms with Gasteiger partial charge in [0.1, 0.15) is 11.8 Å². The quantitative estimate of drug-likeness (QED) is 0.0998. The van der Waals surface area contributed by atoms with Crippen molar-refractivity contribution in [3.63, 3.8) is 0 Å². The second-order valence-electron chi connectivity index (χ2n) is 10.1. The van der Waals surface area contributed by atoms with Gasteiger partial charge in [0.05, 0.1) is 0 Å². The van der Waals surface area contributed by atoms with Gasteiger partial charge in [-0.25, -0.2) is 4.79 Å². The molecule has 1 amide bonds. The van der Waals surface area contributed by atoms with Gasteiger partial charge >= 0.3 is 11.9 Å². The summed E-state index contributed by atoms with van der Waals surface area (Å²) in [4.78, 5) is 46.0. The summed E-state index contributed by atoms with van der Waals surface area (Å²) in [5.41, 5.74) is 0. The van der Waals surface area contributed by atoms with Crippen molar-refractivity contribution in [2.45, 2.75) is 148 Å². The van der Waals surface area contributed by atoms with Crippen molar-refractivity contribution in [2.24, 2.45) is 0 Å². The molecule has 0 heterocycles. The molecule has 0 aliphatic heterocycles. The van der Waals surface area contributed by atoms with Gasteiger partial charge in [0, 0.05) is 38.9 Å². The molecule has 0 spiro atoms. The van der Waals surface area contributed by atoms with E-state index in [4.69, 9.17) is 9.84 Å². The molecule has 0 saturated heterocycles. The number of ether oxygens (including phenoxy) is 1. The maximum atomic E-state index is 12.1. The summed E-state index contributed by atoms with van der Waals surface area (Å²) in [6, 6.07) is -1.01.